The predicted octanol–water partition coefficient (Wildman–Crippen LogP) is 2.02. The summed E-state index contributed by atoms with van der Waals surface area (Å²) in [7, 11) is 0. The summed E-state index contributed by atoms with van der Waals surface area (Å²) in [4.78, 5) is 16.0. The molecule has 0 saturated heterocycles. The molecule has 0 unspecified atom stereocenters. The Hall–Kier alpha value is -1.44. The highest BCUT2D eigenvalue weighted by Gasteiger charge is 2.42. The van der Waals surface area contributed by atoms with Crippen LogP contribution in [0.15, 0.2) is 18.3 Å². The van der Waals surface area contributed by atoms with E-state index in [2.05, 4.69) is 32.7 Å². The highest BCUT2D eigenvalue weighted by Crippen LogP contribution is 2.50. The average molecular weight is 380 g/mol. The molecule has 2 aromatic rings. The number of carbonyl (C=O) groups is 1. The third-order valence-electron chi connectivity index (χ3n) is 4.30. The number of nitrogens with zero attached hydrogens (tertiary/aromatic N) is 3. The number of halogens is 1. The lowest BCUT2D eigenvalue weighted by molar-refractivity contribution is 0.0993. The standard InChI is InChI=1S/C14H13IN4O/c15-9-1-2-17-11(6-9)19-13-8-3-7(4-8)5-10(13)12(18-19)14(16)20/h1-2,6-8H,3-5H2,(H2,16,20). The van der Waals surface area contributed by atoms with E-state index < -0.39 is 5.91 Å². The molecule has 0 radical (unpaired) electrons. The number of pyridine rings is 1. The molecule has 3 aliphatic rings. The van der Waals surface area contributed by atoms with Gasteiger partial charge in [0, 0.05) is 21.2 Å². The van der Waals surface area contributed by atoms with E-state index in [0.29, 0.717) is 17.5 Å². The summed E-state index contributed by atoms with van der Waals surface area (Å²) in [5.41, 5.74) is 8.10. The van der Waals surface area contributed by atoms with E-state index in [-0.39, 0.29) is 0 Å². The first-order valence-corrected chi connectivity index (χ1v) is 7.75. The van der Waals surface area contributed by atoms with Crippen LogP contribution in [0.3, 0.4) is 0 Å². The predicted molar refractivity (Wildman–Crippen MR) is 81.8 cm³/mol. The van der Waals surface area contributed by atoms with Gasteiger partial charge in [0.1, 0.15) is 0 Å². The Balaban J connectivity index is 1.94. The molecule has 1 amide bonds. The molecule has 1 saturated carbocycles. The van der Waals surface area contributed by atoms with Crippen LogP contribution in [-0.2, 0) is 6.42 Å². The number of aromatic nitrogens is 3. The quantitative estimate of drug-likeness (QED) is 0.811. The summed E-state index contributed by atoms with van der Waals surface area (Å²) in [6.45, 7) is 0. The lowest BCUT2D eigenvalue weighted by Gasteiger charge is -2.41. The molecule has 5 rings (SSSR count). The van der Waals surface area contributed by atoms with Crippen LogP contribution in [-0.4, -0.2) is 20.7 Å². The smallest absolute Gasteiger partial charge is 0.269 e. The van der Waals surface area contributed by atoms with Crippen molar-refractivity contribution in [1.29, 1.82) is 0 Å². The van der Waals surface area contributed by atoms with Crippen molar-refractivity contribution in [3.63, 3.8) is 0 Å². The summed E-state index contributed by atoms with van der Waals surface area (Å²) in [6.07, 6.45) is 5.08. The molecule has 6 heteroatoms. The molecule has 5 nitrogen and oxygen atoms in total. The molecular weight excluding hydrogens is 367 g/mol. The van der Waals surface area contributed by atoms with E-state index in [4.69, 9.17) is 5.73 Å². The van der Waals surface area contributed by atoms with Crippen LogP contribution in [0, 0.1) is 9.49 Å². The molecular formula is C14H13IN4O. The minimum Gasteiger partial charge on any atom is -0.364 e. The van der Waals surface area contributed by atoms with E-state index in [0.717, 1.165) is 27.1 Å². The second-order valence-electron chi connectivity index (χ2n) is 5.56. The molecule has 0 spiro atoms. The van der Waals surface area contributed by atoms with Gasteiger partial charge in [0.2, 0.25) is 0 Å². The van der Waals surface area contributed by atoms with Gasteiger partial charge in [-0.3, -0.25) is 4.79 Å². The first-order chi connectivity index (χ1) is 9.63. The summed E-state index contributed by atoms with van der Waals surface area (Å²) in [5.74, 6) is 1.54. The van der Waals surface area contributed by atoms with Gasteiger partial charge in [-0.15, -0.1) is 0 Å². The average Bonchev–Trinajstić information content (AvgIpc) is 2.77. The fraction of sp³-hybridized carbons (Fsp3) is 0.357. The van der Waals surface area contributed by atoms with Crippen LogP contribution in [0.2, 0.25) is 0 Å². The van der Waals surface area contributed by atoms with Gasteiger partial charge in [0.05, 0.1) is 5.69 Å². The molecule has 0 aliphatic heterocycles. The van der Waals surface area contributed by atoms with Gasteiger partial charge in [-0.25, -0.2) is 9.67 Å². The van der Waals surface area contributed by atoms with Gasteiger partial charge in [-0.05, 0) is 59.9 Å². The van der Waals surface area contributed by atoms with Gasteiger partial charge < -0.3 is 5.73 Å². The summed E-state index contributed by atoms with van der Waals surface area (Å²) in [5, 5.41) is 4.46. The zero-order valence-electron chi connectivity index (χ0n) is 10.7. The molecule has 0 atom stereocenters. The van der Waals surface area contributed by atoms with Crippen molar-refractivity contribution in [2.45, 2.75) is 25.2 Å². The van der Waals surface area contributed by atoms with Crippen LogP contribution in [0.5, 0.6) is 0 Å². The normalized spacial score (nSPS) is 23.1. The Morgan fingerprint density at radius 2 is 2.25 bits per heavy atom. The fourth-order valence-electron chi connectivity index (χ4n) is 3.38. The number of hydrogen-bond acceptors (Lipinski definition) is 3. The third kappa shape index (κ3) is 1.70. The minimum absolute atomic E-state index is 0.426. The first kappa shape index (κ1) is 12.3. The lowest BCUT2D eigenvalue weighted by atomic mass is 9.64. The van der Waals surface area contributed by atoms with Crippen molar-refractivity contribution in [1.82, 2.24) is 14.8 Å². The number of primary amides is 1. The Bertz CT molecular complexity index is 718. The maximum atomic E-state index is 11.6. The largest absolute Gasteiger partial charge is 0.364 e. The van der Waals surface area contributed by atoms with E-state index in [1.165, 1.54) is 12.8 Å². The monoisotopic (exact) mass is 380 g/mol. The summed E-state index contributed by atoms with van der Waals surface area (Å²) < 4.78 is 2.93. The number of nitrogens with two attached hydrogens (primary N) is 1. The molecule has 1 fully saturated rings. The highest BCUT2D eigenvalue weighted by molar-refractivity contribution is 14.1. The number of carbonyl (C=O) groups excluding carboxylic acids is 1. The minimum atomic E-state index is -0.438. The molecule has 2 N–H and O–H groups in total. The Morgan fingerprint density at radius 1 is 1.45 bits per heavy atom. The van der Waals surface area contributed by atoms with Gasteiger partial charge >= 0.3 is 0 Å². The molecule has 20 heavy (non-hydrogen) atoms. The molecule has 2 heterocycles. The Kier molecular flexibility index (Phi) is 2.63. The number of amides is 1. The van der Waals surface area contributed by atoms with Crippen molar-refractivity contribution in [2.75, 3.05) is 0 Å². The van der Waals surface area contributed by atoms with Crippen LogP contribution in [0.1, 0.15) is 40.5 Å². The highest BCUT2D eigenvalue weighted by atomic mass is 127. The van der Waals surface area contributed by atoms with E-state index in [1.807, 2.05) is 16.8 Å². The van der Waals surface area contributed by atoms with Crippen LogP contribution in [0.4, 0.5) is 0 Å². The number of rotatable bonds is 2. The van der Waals surface area contributed by atoms with Crippen LogP contribution < -0.4 is 5.73 Å². The number of hydrogen-bond donors (Lipinski definition) is 1. The maximum Gasteiger partial charge on any atom is 0.269 e. The topological polar surface area (TPSA) is 73.8 Å². The fourth-order valence-corrected chi connectivity index (χ4v) is 3.82. The maximum absolute atomic E-state index is 11.6. The van der Waals surface area contributed by atoms with Crippen molar-refractivity contribution >= 4 is 28.5 Å². The first-order valence-electron chi connectivity index (χ1n) is 6.67. The molecule has 3 aliphatic carbocycles. The van der Waals surface area contributed by atoms with Gasteiger partial charge in [-0.1, -0.05) is 0 Å². The second kappa shape index (κ2) is 4.28. The summed E-state index contributed by atoms with van der Waals surface area (Å²) in [6, 6.07) is 3.91. The van der Waals surface area contributed by atoms with Crippen LogP contribution in [0.25, 0.3) is 5.82 Å². The third-order valence-corrected chi connectivity index (χ3v) is 4.97. The van der Waals surface area contributed by atoms with Crippen molar-refractivity contribution in [3.8, 4) is 5.82 Å². The molecule has 2 bridgehead atoms. The van der Waals surface area contributed by atoms with Crippen molar-refractivity contribution in [2.24, 2.45) is 11.7 Å². The van der Waals surface area contributed by atoms with Crippen molar-refractivity contribution in [3.05, 3.63) is 38.9 Å². The van der Waals surface area contributed by atoms with E-state index >= 15 is 0 Å². The second-order valence-corrected chi connectivity index (χ2v) is 6.80. The van der Waals surface area contributed by atoms with Crippen LogP contribution >= 0.6 is 22.6 Å². The van der Waals surface area contributed by atoms with E-state index in [1.54, 1.807) is 6.20 Å². The Labute approximate surface area is 129 Å². The van der Waals surface area contributed by atoms with Gasteiger partial charge in [-0.2, -0.15) is 5.10 Å². The molecule has 0 aromatic carbocycles. The zero-order valence-corrected chi connectivity index (χ0v) is 12.9. The van der Waals surface area contributed by atoms with E-state index in [9.17, 15) is 4.79 Å². The van der Waals surface area contributed by atoms with Gasteiger partial charge in [0.15, 0.2) is 11.5 Å². The lowest BCUT2D eigenvalue weighted by Crippen LogP contribution is -2.32. The van der Waals surface area contributed by atoms with Crippen molar-refractivity contribution < 1.29 is 4.79 Å². The SMILES string of the molecule is NC(=O)c1nn(-c2cc(I)ccn2)c2c1CC1CC2C1. The molecule has 2 aromatic heterocycles. The summed E-state index contributed by atoms with van der Waals surface area (Å²) >= 11 is 2.25. The molecule has 102 valence electrons. The Morgan fingerprint density at radius 3 is 2.95 bits per heavy atom. The zero-order chi connectivity index (χ0) is 13.9. The van der Waals surface area contributed by atoms with Gasteiger partial charge in [0.25, 0.3) is 5.91 Å².